The van der Waals surface area contributed by atoms with E-state index >= 15 is 0 Å². The van der Waals surface area contributed by atoms with Crippen molar-refractivity contribution in [3.8, 4) is 0 Å². The fourth-order valence-electron chi connectivity index (χ4n) is 3.66. The summed E-state index contributed by atoms with van der Waals surface area (Å²) in [6.07, 6.45) is 3.32. The van der Waals surface area contributed by atoms with Crippen LogP contribution in [-0.4, -0.2) is 48.6 Å². The van der Waals surface area contributed by atoms with E-state index in [4.69, 9.17) is 11.6 Å². The van der Waals surface area contributed by atoms with Gasteiger partial charge in [0.25, 0.3) is 10.2 Å². The molecular weight excluding hydrogens is 424 g/mol. The highest BCUT2D eigenvalue weighted by atomic mass is 35.5. The number of halogens is 1. The lowest BCUT2D eigenvalue weighted by Gasteiger charge is -2.34. The van der Waals surface area contributed by atoms with Gasteiger partial charge in [-0.1, -0.05) is 41.9 Å². The molecule has 4 rings (SSSR count). The number of rotatable bonds is 4. The second-order valence-electron chi connectivity index (χ2n) is 7.38. The zero-order chi connectivity index (χ0) is 21.5. The van der Waals surface area contributed by atoms with Crippen LogP contribution in [0.25, 0.3) is 10.8 Å². The molecule has 2 heterocycles. The van der Waals surface area contributed by atoms with Crippen molar-refractivity contribution in [2.75, 3.05) is 26.0 Å². The molecular formula is C21H21ClN4O3S. The first-order chi connectivity index (χ1) is 14.3. The Morgan fingerprint density at radius 3 is 2.73 bits per heavy atom. The van der Waals surface area contributed by atoms with Crippen LogP contribution in [0.15, 0.2) is 54.9 Å². The number of hydrogen-bond donors (Lipinski definition) is 1. The third-order valence-corrected chi connectivity index (χ3v) is 7.34. The van der Waals surface area contributed by atoms with Gasteiger partial charge in [-0.2, -0.15) is 17.0 Å². The van der Waals surface area contributed by atoms with Crippen LogP contribution in [0.3, 0.4) is 0 Å². The van der Waals surface area contributed by atoms with Gasteiger partial charge in [0.1, 0.15) is 0 Å². The number of nitrogens with one attached hydrogen (secondary N) is 1. The Balaban J connectivity index is 1.72. The van der Waals surface area contributed by atoms with Gasteiger partial charge >= 0.3 is 0 Å². The third kappa shape index (κ3) is 3.79. The lowest BCUT2D eigenvalue weighted by Crippen LogP contribution is -2.46. The number of nitrogens with zero attached hydrogens (tertiary/aromatic N) is 3. The highest BCUT2D eigenvalue weighted by Crippen LogP contribution is 2.34. The third-order valence-electron chi connectivity index (χ3n) is 5.25. The van der Waals surface area contributed by atoms with E-state index in [0.717, 1.165) is 26.2 Å². The number of pyridine rings is 1. The van der Waals surface area contributed by atoms with Crippen LogP contribution in [-0.2, 0) is 21.5 Å². The molecule has 0 aliphatic carbocycles. The number of hydrogen-bond acceptors (Lipinski definition) is 4. The Morgan fingerprint density at radius 1 is 1.20 bits per heavy atom. The summed E-state index contributed by atoms with van der Waals surface area (Å²) < 4.78 is 28.0. The molecule has 2 aromatic carbocycles. The monoisotopic (exact) mass is 444 g/mol. The van der Waals surface area contributed by atoms with Crippen molar-refractivity contribution in [3.05, 3.63) is 71.0 Å². The first-order valence-corrected chi connectivity index (χ1v) is 11.1. The van der Waals surface area contributed by atoms with E-state index in [1.54, 1.807) is 30.6 Å². The van der Waals surface area contributed by atoms with Crippen molar-refractivity contribution in [1.82, 2.24) is 13.6 Å². The molecule has 1 atom stereocenters. The van der Waals surface area contributed by atoms with E-state index in [1.807, 2.05) is 24.3 Å². The molecule has 7 nitrogen and oxygen atoms in total. The van der Waals surface area contributed by atoms with Gasteiger partial charge in [0.2, 0.25) is 5.91 Å². The maximum absolute atomic E-state index is 13.3. The Kier molecular flexibility index (Phi) is 5.50. The Morgan fingerprint density at radius 2 is 1.97 bits per heavy atom. The SMILES string of the molecule is CN(C)S(=O)(=O)N1Cc2ccc(Cl)cc2C(C(=O)Nc2cncc3ccccc23)C1. The quantitative estimate of drug-likeness (QED) is 0.669. The molecule has 0 saturated heterocycles. The number of carbonyl (C=O) groups excluding carboxylic acids is 1. The molecule has 1 aromatic heterocycles. The predicted molar refractivity (Wildman–Crippen MR) is 118 cm³/mol. The maximum Gasteiger partial charge on any atom is 0.281 e. The van der Waals surface area contributed by atoms with Crippen molar-refractivity contribution in [2.24, 2.45) is 0 Å². The molecule has 30 heavy (non-hydrogen) atoms. The molecule has 0 spiro atoms. The van der Waals surface area contributed by atoms with Crippen LogP contribution in [0.4, 0.5) is 5.69 Å². The topological polar surface area (TPSA) is 82.6 Å². The fraction of sp³-hybridized carbons (Fsp3) is 0.238. The largest absolute Gasteiger partial charge is 0.324 e. The second kappa shape index (κ2) is 7.96. The highest BCUT2D eigenvalue weighted by Gasteiger charge is 2.37. The summed E-state index contributed by atoms with van der Waals surface area (Å²) in [5, 5.41) is 5.20. The first-order valence-electron chi connectivity index (χ1n) is 9.37. The zero-order valence-corrected chi connectivity index (χ0v) is 18.1. The summed E-state index contributed by atoms with van der Waals surface area (Å²) in [5.41, 5.74) is 2.07. The Hall–Kier alpha value is -2.52. The van der Waals surface area contributed by atoms with E-state index in [-0.39, 0.29) is 19.0 Å². The highest BCUT2D eigenvalue weighted by molar-refractivity contribution is 7.86. The molecule has 1 unspecified atom stereocenters. The van der Waals surface area contributed by atoms with Crippen LogP contribution in [0.2, 0.25) is 5.02 Å². The molecule has 1 aliphatic rings. The lowest BCUT2D eigenvalue weighted by molar-refractivity contribution is -0.118. The number of anilines is 1. The first kappa shape index (κ1) is 20.7. The molecule has 0 saturated carbocycles. The van der Waals surface area contributed by atoms with Gasteiger partial charge in [-0.15, -0.1) is 0 Å². The zero-order valence-electron chi connectivity index (χ0n) is 16.5. The van der Waals surface area contributed by atoms with Crippen LogP contribution in [0.1, 0.15) is 17.0 Å². The van der Waals surface area contributed by atoms with Gasteiger partial charge in [-0.05, 0) is 23.3 Å². The van der Waals surface area contributed by atoms with Crippen LogP contribution in [0.5, 0.6) is 0 Å². The van der Waals surface area contributed by atoms with E-state index in [2.05, 4.69) is 10.3 Å². The molecule has 0 radical (unpaired) electrons. The number of aromatic nitrogens is 1. The molecule has 9 heteroatoms. The van der Waals surface area contributed by atoms with Crippen LogP contribution >= 0.6 is 11.6 Å². The van der Waals surface area contributed by atoms with E-state index in [0.29, 0.717) is 10.7 Å². The smallest absolute Gasteiger partial charge is 0.281 e. The summed E-state index contributed by atoms with van der Waals surface area (Å²) in [5.74, 6) is -1.02. The summed E-state index contributed by atoms with van der Waals surface area (Å²) in [7, 11) is -0.734. The summed E-state index contributed by atoms with van der Waals surface area (Å²) in [6, 6.07) is 12.8. The Labute approximate surface area is 180 Å². The standard InChI is InChI=1S/C21H21ClN4O3S/c1-25(2)30(28,29)26-12-15-7-8-16(22)9-18(15)19(13-26)21(27)24-20-11-23-10-14-5-3-4-6-17(14)20/h3-11,19H,12-13H2,1-2H3,(H,24,27). The summed E-state index contributed by atoms with van der Waals surface area (Å²) in [4.78, 5) is 17.5. The normalized spacial score (nSPS) is 17.1. The van der Waals surface area contributed by atoms with Crippen LogP contribution in [0, 0.1) is 0 Å². The van der Waals surface area contributed by atoms with E-state index in [9.17, 15) is 13.2 Å². The molecule has 3 aromatic rings. The number of fused-ring (bicyclic) bond motifs is 2. The van der Waals surface area contributed by atoms with Crippen molar-refractivity contribution in [3.63, 3.8) is 0 Å². The van der Waals surface area contributed by atoms with Gasteiger partial charge < -0.3 is 5.32 Å². The van der Waals surface area contributed by atoms with Crippen molar-refractivity contribution >= 4 is 44.2 Å². The molecule has 0 bridgehead atoms. The van der Waals surface area contributed by atoms with Gasteiger partial charge in [0, 0.05) is 49.2 Å². The molecule has 1 N–H and O–H groups in total. The van der Waals surface area contributed by atoms with Crippen molar-refractivity contribution in [1.29, 1.82) is 0 Å². The minimum atomic E-state index is -3.69. The minimum Gasteiger partial charge on any atom is -0.324 e. The molecule has 1 aliphatic heterocycles. The number of benzene rings is 2. The fourth-order valence-corrected chi connectivity index (χ4v) is 4.94. The molecule has 1 amide bonds. The van der Waals surface area contributed by atoms with Gasteiger partial charge in [0.15, 0.2) is 0 Å². The van der Waals surface area contributed by atoms with Crippen LogP contribution < -0.4 is 5.32 Å². The summed E-state index contributed by atoms with van der Waals surface area (Å²) >= 11 is 6.18. The predicted octanol–water partition coefficient (Wildman–Crippen LogP) is 3.23. The van der Waals surface area contributed by atoms with E-state index in [1.165, 1.54) is 18.4 Å². The van der Waals surface area contributed by atoms with Gasteiger partial charge in [-0.25, -0.2) is 0 Å². The summed E-state index contributed by atoms with van der Waals surface area (Å²) in [6.45, 7) is 0.213. The van der Waals surface area contributed by atoms with Gasteiger partial charge in [-0.3, -0.25) is 9.78 Å². The molecule has 0 fully saturated rings. The van der Waals surface area contributed by atoms with E-state index < -0.39 is 16.1 Å². The lowest BCUT2D eigenvalue weighted by atomic mass is 9.90. The number of carbonyl (C=O) groups is 1. The van der Waals surface area contributed by atoms with Gasteiger partial charge in [0.05, 0.1) is 17.8 Å². The average Bonchev–Trinajstić information content (AvgIpc) is 2.73. The maximum atomic E-state index is 13.3. The van der Waals surface area contributed by atoms with Crippen molar-refractivity contribution < 1.29 is 13.2 Å². The second-order valence-corrected chi connectivity index (χ2v) is 9.95. The minimum absolute atomic E-state index is 0.0257. The molecule has 156 valence electrons. The van der Waals surface area contributed by atoms with Crippen molar-refractivity contribution in [2.45, 2.75) is 12.5 Å². The Bertz CT molecular complexity index is 1220. The average molecular weight is 445 g/mol. The number of amides is 1.